The number of H-pyrrole nitrogens is 1. The quantitative estimate of drug-likeness (QED) is 0.470. The Kier molecular flexibility index (Phi) is 5.72. The van der Waals surface area contributed by atoms with Crippen molar-refractivity contribution in [3.8, 4) is 0 Å². The zero-order chi connectivity index (χ0) is 20.1. The number of amides is 1. The Bertz CT molecular complexity index is 1210. The summed E-state index contributed by atoms with van der Waals surface area (Å²) < 4.78 is 0. The van der Waals surface area contributed by atoms with Crippen LogP contribution in [0.25, 0.3) is 10.8 Å². The Labute approximate surface area is 172 Å². The Hall–Kier alpha value is -3.38. The number of nitrogens with one attached hydrogen (secondary N) is 2. The summed E-state index contributed by atoms with van der Waals surface area (Å²) in [6, 6.07) is 25.1. The number of thioether (sulfide) groups is 1. The predicted octanol–water partition coefficient (Wildman–Crippen LogP) is 4.40. The lowest BCUT2D eigenvalue weighted by atomic mass is 10.1. The van der Waals surface area contributed by atoms with Gasteiger partial charge in [0.2, 0.25) is 5.91 Å². The van der Waals surface area contributed by atoms with E-state index in [-0.39, 0.29) is 17.9 Å². The highest BCUT2D eigenvalue weighted by molar-refractivity contribution is 7.98. The molecular weight excluding hydrogens is 382 g/mol. The van der Waals surface area contributed by atoms with E-state index in [0.717, 1.165) is 16.3 Å². The van der Waals surface area contributed by atoms with Crippen LogP contribution >= 0.6 is 11.8 Å². The van der Waals surface area contributed by atoms with Crippen molar-refractivity contribution in [3.63, 3.8) is 0 Å². The van der Waals surface area contributed by atoms with Gasteiger partial charge >= 0.3 is 0 Å². The van der Waals surface area contributed by atoms with Gasteiger partial charge in [-0.1, -0.05) is 60.7 Å². The molecule has 144 valence electrons. The standard InChI is InChI=1S/C23H19N3O2S/c27-22(14-20-17-10-4-5-11-18(17)23(28)26-25-20)24-19-12-6-7-13-21(19)29-15-16-8-2-1-3-9-16/h1-13H,14-15H2,(H,24,27)(H,26,28). The number of hydrogen-bond acceptors (Lipinski definition) is 4. The number of para-hydroxylation sites is 1. The monoisotopic (exact) mass is 401 g/mol. The van der Waals surface area contributed by atoms with Gasteiger partial charge in [0.1, 0.15) is 0 Å². The maximum atomic E-state index is 12.7. The van der Waals surface area contributed by atoms with Crippen LogP contribution in [-0.2, 0) is 17.0 Å². The Balaban J connectivity index is 1.49. The normalized spacial score (nSPS) is 10.8. The van der Waals surface area contributed by atoms with Gasteiger partial charge in [-0.25, -0.2) is 5.10 Å². The summed E-state index contributed by atoms with van der Waals surface area (Å²) >= 11 is 1.68. The van der Waals surface area contributed by atoms with Crippen molar-refractivity contribution in [3.05, 3.63) is 100 Å². The highest BCUT2D eigenvalue weighted by atomic mass is 32.2. The molecule has 0 unspecified atom stereocenters. The molecule has 0 atom stereocenters. The molecule has 29 heavy (non-hydrogen) atoms. The van der Waals surface area contributed by atoms with E-state index in [9.17, 15) is 9.59 Å². The Morgan fingerprint density at radius 1 is 0.897 bits per heavy atom. The molecule has 6 heteroatoms. The van der Waals surface area contributed by atoms with Gasteiger partial charge in [-0.15, -0.1) is 11.8 Å². The van der Waals surface area contributed by atoms with E-state index in [0.29, 0.717) is 16.5 Å². The molecule has 4 rings (SSSR count). The van der Waals surface area contributed by atoms with E-state index in [1.165, 1.54) is 5.56 Å². The van der Waals surface area contributed by atoms with Crippen LogP contribution in [0.15, 0.2) is 88.6 Å². The zero-order valence-electron chi connectivity index (χ0n) is 15.6. The average molecular weight is 401 g/mol. The lowest BCUT2D eigenvalue weighted by molar-refractivity contribution is -0.115. The van der Waals surface area contributed by atoms with Crippen LogP contribution in [0.5, 0.6) is 0 Å². The Morgan fingerprint density at radius 3 is 2.41 bits per heavy atom. The number of hydrogen-bond donors (Lipinski definition) is 2. The molecule has 0 spiro atoms. The van der Waals surface area contributed by atoms with Gasteiger partial charge < -0.3 is 5.32 Å². The summed E-state index contributed by atoms with van der Waals surface area (Å²) in [7, 11) is 0. The highest BCUT2D eigenvalue weighted by Gasteiger charge is 2.12. The lowest BCUT2D eigenvalue weighted by Crippen LogP contribution is -2.18. The fourth-order valence-electron chi connectivity index (χ4n) is 3.08. The first kappa shape index (κ1) is 19.0. The topological polar surface area (TPSA) is 74.8 Å². The minimum atomic E-state index is -0.257. The number of anilines is 1. The van der Waals surface area contributed by atoms with Gasteiger partial charge in [0.15, 0.2) is 0 Å². The number of aromatic nitrogens is 2. The van der Waals surface area contributed by atoms with Gasteiger partial charge in [-0.05, 0) is 23.8 Å². The van der Waals surface area contributed by atoms with Crippen LogP contribution in [0, 0.1) is 0 Å². The summed E-state index contributed by atoms with van der Waals surface area (Å²) in [6.07, 6.45) is 0.0784. The molecule has 0 bridgehead atoms. The van der Waals surface area contributed by atoms with Crippen molar-refractivity contribution in [2.24, 2.45) is 0 Å². The number of carbonyl (C=O) groups is 1. The summed E-state index contributed by atoms with van der Waals surface area (Å²) in [5.41, 5.74) is 2.29. The van der Waals surface area contributed by atoms with Crippen molar-refractivity contribution >= 4 is 34.1 Å². The van der Waals surface area contributed by atoms with Gasteiger partial charge in [0.25, 0.3) is 5.56 Å². The molecule has 0 saturated carbocycles. The molecule has 4 aromatic rings. The minimum Gasteiger partial charge on any atom is -0.325 e. The summed E-state index contributed by atoms with van der Waals surface area (Å²) in [4.78, 5) is 25.6. The van der Waals surface area contributed by atoms with E-state index < -0.39 is 0 Å². The minimum absolute atomic E-state index is 0.0784. The Morgan fingerprint density at radius 2 is 1.59 bits per heavy atom. The fourth-order valence-corrected chi connectivity index (χ4v) is 4.05. The van der Waals surface area contributed by atoms with Gasteiger partial charge in [0.05, 0.1) is 23.2 Å². The second-order valence-electron chi connectivity index (χ2n) is 6.54. The molecule has 0 fully saturated rings. The molecule has 0 aliphatic carbocycles. The maximum Gasteiger partial charge on any atom is 0.272 e. The fraction of sp³-hybridized carbons (Fsp3) is 0.0870. The SMILES string of the molecule is O=C(Cc1n[nH]c(=O)c2ccccc12)Nc1ccccc1SCc1ccccc1. The first-order chi connectivity index (χ1) is 14.2. The molecule has 0 aliphatic rings. The van der Waals surface area contributed by atoms with Gasteiger partial charge in [-0.3, -0.25) is 9.59 Å². The third-order valence-corrected chi connectivity index (χ3v) is 5.65. The van der Waals surface area contributed by atoms with E-state index in [1.54, 1.807) is 23.9 Å². The average Bonchev–Trinajstić information content (AvgIpc) is 2.76. The number of nitrogens with zero attached hydrogens (tertiary/aromatic N) is 1. The van der Waals surface area contributed by atoms with Crippen LogP contribution in [0.4, 0.5) is 5.69 Å². The predicted molar refractivity (Wildman–Crippen MR) is 117 cm³/mol. The van der Waals surface area contributed by atoms with Crippen molar-refractivity contribution in [1.29, 1.82) is 0 Å². The van der Waals surface area contributed by atoms with Crippen LogP contribution < -0.4 is 10.9 Å². The maximum absolute atomic E-state index is 12.7. The number of carbonyl (C=O) groups excluding carboxylic acids is 1. The van der Waals surface area contributed by atoms with Gasteiger partial charge in [0, 0.05) is 16.0 Å². The van der Waals surface area contributed by atoms with Crippen LogP contribution in [-0.4, -0.2) is 16.1 Å². The molecule has 3 aromatic carbocycles. The van der Waals surface area contributed by atoms with Crippen molar-refractivity contribution in [1.82, 2.24) is 10.2 Å². The number of fused-ring (bicyclic) bond motifs is 1. The smallest absolute Gasteiger partial charge is 0.272 e. The van der Waals surface area contributed by atoms with Crippen molar-refractivity contribution in [2.45, 2.75) is 17.1 Å². The molecule has 0 saturated heterocycles. The van der Waals surface area contributed by atoms with E-state index in [2.05, 4.69) is 27.6 Å². The van der Waals surface area contributed by atoms with E-state index >= 15 is 0 Å². The third kappa shape index (κ3) is 4.55. The second kappa shape index (κ2) is 8.75. The number of rotatable bonds is 6. The summed E-state index contributed by atoms with van der Waals surface area (Å²) in [5.74, 6) is 0.641. The number of aromatic amines is 1. The lowest BCUT2D eigenvalue weighted by Gasteiger charge is -2.11. The largest absolute Gasteiger partial charge is 0.325 e. The highest BCUT2D eigenvalue weighted by Crippen LogP contribution is 2.30. The molecule has 5 nitrogen and oxygen atoms in total. The van der Waals surface area contributed by atoms with Crippen molar-refractivity contribution in [2.75, 3.05) is 5.32 Å². The first-order valence-electron chi connectivity index (χ1n) is 9.22. The number of benzene rings is 3. The van der Waals surface area contributed by atoms with Crippen LogP contribution in [0.3, 0.4) is 0 Å². The molecular formula is C23H19N3O2S. The molecule has 0 radical (unpaired) electrons. The third-order valence-electron chi connectivity index (χ3n) is 4.50. The zero-order valence-corrected chi connectivity index (χ0v) is 16.4. The molecule has 1 heterocycles. The van der Waals surface area contributed by atoms with Crippen LogP contribution in [0.2, 0.25) is 0 Å². The molecule has 1 aromatic heterocycles. The molecule has 0 aliphatic heterocycles. The van der Waals surface area contributed by atoms with E-state index in [4.69, 9.17) is 0 Å². The van der Waals surface area contributed by atoms with E-state index in [1.807, 2.05) is 54.6 Å². The van der Waals surface area contributed by atoms with Crippen molar-refractivity contribution < 1.29 is 4.79 Å². The second-order valence-corrected chi connectivity index (χ2v) is 7.56. The van der Waals surface area contributed by atoms with Crippen LogP contribution in [0.1, 0.15) is 11.3 Å². The van der Waals surface area contributed by atoms with Gasteiger partial charge in [-0.2, -0.15) is 5.10 Å². The molecule has 2 N–H and O–H groups in total. The summed E-state index contributed by atoms with van der Waals surface area (Å²) in [5, 5.41) is 10.8. The first-order valence-corrected chi connectivity index (χ1v) is 10.2. The molecule has 1 amide bonds. The summed E-state index contributed by atoms with van der Waals surface area (Å²) in [6.45, 7) is 0.